The largest absolute Gasteiger partial charge is 0.364 e. The molecule has 0 aliphatic carbocycles. The Morgan fingerprint density at radius 3 is 2.11 bits per heavy atom. The maximum atomic E-state index is 5.59. The summed E-state index contributed by atoms with van der Waals surface area (Å²) in [5.41, 5.74) is 1.03. The molecule has 1 N–H and O–H groups in total. The van der Waals surface area contributed by atoms with E-state index >= 15 is 0 Å². The van der Waals surface area contributed by atoms with Gasteiger partial charge >= 0.3 is 0 Å². The molecule has 0 saturated carbocycles. The fourth-order valence-electron chi connectivity index (χ4n) is 0.434. The van der Waals surface area contributed by atoms with Crippen molar-refractivity contribution in [2.24, 2.45) is 0 Å². The molecule has 0 unspecified atom stereocenters. The average Bonchev–Trinajstić information content (AvgIpc) is 2.23. The molecule has 0 atom stereocenters. The SMILES string of the molecule is CC.Cc1[nH]ccc1Cl. The zero-order valence-corrected chi connectivity index (χ0v) is 6.79. The number of hydrogen-bond acceptors (Lipinski definition) is 0. The molecule has 0 aliphatic rings. The van der Waals surface area contributed by atoms with Gasteiger partial charge in [0.2, 0.25) is 0 Å². The molecule has 1 nitrogen and oxygen atoms in total. The minimum Gasteiger partial charge on any atom is -0.364 e. The predicted octanol–water partition coefficient (Wildman–Crippen LogP) is 3.00. The monoisotopic (exact) mass is 145 g/mol. The van der Waals surface area contributed by atoms with Crippen molar-refractivity contribution >= 4 is 11.6 Å². The number of aromatic nitrogens is 1. The van der Waals surface area contributed by atoms with Gasteiger partial charge in [-0.25, -0.2) is 0 Å². The van der Waals surface area contributed by atoms with Crippen LogP contribution in [0.2, 0.25) is 5.02 Å². The van der Waals surface area contributed by atoms with E-state index in [1.54, 1.807) is 0 Å². The highest BCUT2D eigenvalue weighted by molar-refractivity contribution is 6.31. The first-order valence-electron chi connectivity index (χ1n) is 3.10. The topological polar surface area (TPSA) is 15.8 Å². The summed E-state index contributed by atoms with van der Waals surface area (Å²) >= 11 is 5.59. The number of aromatic amines is 1. The zero-order chi connectivity index (χ0) is 7.28. The van der Waals surface area contributed by atoms with Gasteiger partial charge in [-0.15, -0.1) is 0 Å². The minimum atomic E-state index is 0.806. The van der Waals surface area contributed by atoms with Gasteiger partial charge in [-0.1, -0.05) is 25.4 Å². The van der Waals surface area contributed by atoms with Crippen molar-refractivity contribution in [2.45, 2.75) is 20.8 Å². The molecule has 1 rings (SSSR count). The summed E-state index contributed by atoms with van der Waals surface area (Å²) in [6.07, 6.45) is 1.82. The number of hydrogen-bond donors (Lipinski definition) is 1. The van der Waals surface area contributed by atoms with Crippen molar-refractivity contribution in [1.82, 2.24) is 4.98 Å². The molecule has 0 bridgehead atoms. The number of nitrogens with one attached hydrogen (secondary N) is 1. The normalized spacial score (nSPS) is 8.00. The van der Waals surface area contributed by atoms with E-state index in [-0.39, 0.29) is 0 Å². The highest BCUT2D eigenvalue weighted by Crippen LogP contribution is 2.10. The highest BCUT2D eigenvalue weighted by atomic mass is 35.5. The maximum Gasteiger partial charge on any atom is 0.0610 e. The van der Waals surface area contributed by atoms with Gasteiger partial charge in [0.25, 0.3) is 0 Å². The first-order valence-corrected chi connectivity index (χ1v) is 3.48. The van der Waals surface area contributed by atoms with Gasteiger partial charge < -0.3 is 4.98 Å². The van der Waals surface area contributed by atoms with E-state index < -0.39 is 0 Å². The van der Waals surface area contributed by atoms with Gasteiger partial charge in [-0.05, 0) is 13.0 Å². The first kappa shape index (κ1) is 8.57. The summed E-state index contributed by atoms with van der Waals surface area (Å²) in [4.78, 5) is 2.94. The van der Waals surface area contributed by atoms with Crippen molar-refractivity contribution in [3.8, 4) is 0 Å². The third-order valence-electron chi connectivity index (χ3n) is 0.888. The minimum absolute atomic E-state index is 0.806. The fourth-order valence-corrected chi connectivity index (χ4v) is 0.551. The second-order valence-corrected chi connectivity index (χ2v) is 1.86. The molecule has 52 valence electrons. The van der Waals surface area contributed by atoms with E-state index in [9.17, 15) is 0 Å². The van der Waals surface area contributed by atoms with Crippen LogP contribution in [-0.2, 0) is 0 Å². The summed E-state index contributed by atoms with van der Waals surface area (Å²) in [5, 5.41) is 0.806. The van der Waals surface area contributed by atoms with Gasteiger partial charge in [-0.2, -0.15) is 0 Å². The van der Waals surface area contributed by atoms with Gasteiger partial charge in [0.15, 0.2) is 0 Å². The number of H-pyrrole nitrogens is 1. The fraction of sp³-hybridized carbons (Fsp3) is 0.429. The Morgan fingerprint density at radius 1 is 1.44 bits per heavy atom. The number of aryl methyl sites for hydroxylation is 1. The lowest BCUT2D eigenvalue weighted by Gasteiger charge is -1.78. The van der Waals surface area contributed by atoms with Crippen LogP contribution in [0.3, 0.4) is 0 Å². The molecule has 0 radical (unpaired) electrons. The molecule has 0 fully saturated rings. The van der Waals surface area contributed by atoms with E-state index in [1.165, 1.54) is 0 Å². The van der Waals surface area contributed by atoms with E-state index in [0.29, 0.717) is 0 Å². The lowest BCUT2D eigenvalue weighted by molar-refractivity contribution is 1.27. The van der Waals surface area contributed by atoms with Crippen LogP contribution < -0.4 is 0 Å². The predicted molar refractivity (Wildman–Crippen MR) is 41.9 cm³/mol. The molecule has 1 heterocycles. The molecular formula is C7H12ClN. The third kappa shape index (κ3) is 2.56. The molecule has 1 aromatic rings. The number of rotatable bonds is 0. The van der Waals surface area contributed by atoms with Crippen LogP contribution in [0.25, 0.3) is 0 Å². The molecule has 0 saturated heterocycles. The molecular weight excluding hydrogens is 134 g/mol. The molecule has 2 heteroatoms. The van der Waals surface area contributed by atoms with Crippen molar-refractivity contribution in [3.05, 3.63) is 23.0 Å². The summed E-state index contributed by atoms with van der Waals surface area (Å²) in [6.45, 7) is 5.93. The van der Waals surface area contributed by atoms with Crippen molar-refractivity contribution in [1.29, 1.82) is 0 Å². The Morgan fingerprint density at radius 2 is 2.00 bits per heavy atom. The average molecular weight is 146 g/mol. The van der Waals surface area contributed by atoms with Crippen LogP contribution in [0.4, 0.5) is 0 Å². The van der Waals surface area contributed by atoms with E-state index in [2.05, 4.69) is 4.98 Å². The second-order valence-electron chi connectivity index (χ2n) is 1.45. The van der Waals surface area contributed by atoms with Crippen molar-refractivity contribution in [3.63, 3.8) is 0 Å². The van der Waals surface area contributed by atoms with Crippen LogP contribution in [0.15, 0.2) is 12.3 Å². The second kappa shape index (κ2) is 4.45. The lowest BCUT2D eigenvalue weighted by Crippen LogP contribution is -1.64. The van der Waals surface area contributed by atoms with Crippen LogP contribution in [0, 0.1) is 6.92 Å². The van der Waals surface area contributed by atoms with Crippen LogP contribution in [-0.4, -0.2) is 4.98 Å². The smallest absolute Gasteiger partial charge is 0.0610 e. The molecule has 0 spiro atoms. The Hall–Kier alpha value is -0.430. The van der Waals surface area contributed by atoms with E-state index in [4.69, 9.17) is 11.6 Å². The molecule has 9 heavy (non-hydrogen) atoms. The standard InChI is InChI=1S/C5H6ClN.C2H6/c1-4-5(6)2-3-7-4;1-2/h2-3,7H,1H3;1-2H3. The van der Waals surface area contributed by atoms with Gasteiger partial charge in [-0.3, -0.25) is 0 Å². The molecule has 0 amide bonds. The molecule has 0 aliphatic heterocycles. The quantitative estimate of drug-likeness (QED) is 0.578. The lowest BCUT2D eigenvalue weighted by atomic mass is 10.5. The summed E-state index contributed by atoms with van der Waals surface area (Å²) in [5.74, 6) is 0. The van der Waals surface area contributed by atoms with Crippen LogP contribution in [0.5, 0.6) is 0 Å². The molecule has 0 aromatic carbocycles. The number of halogens is 1. The Labute approximate surface area is 61.0 Å². The summed E-state index contributed by atoms with van der Waals surface area (Å²) in [7, 11) is 0. The zero-order valence-electron chi connectivity index (χ0n) is 6.03. The third-order valence-corrected chi connectivity index (χ3v) is 1.30. The van der Waals surface area contributed by atoms with Crippen molar-refractivity contribution < 1.29 is 0 Å². The summed E-state index contributed by atoms with van der Waals surface area (Å²) < 4.78 is 0. The molecule has 1 aromatic heterocycles. The summed E-state index contributed by atoms with van der Waals surface area (Å²) in [6, 6.07) is 1.83. The van der Waals surface area contributed by atoms with E-state index in [0.717, 1.165) is 10.7 Å². The maximum absolute atomic E-state index is 5.59. The van der Waals surface area contributed by atoms with Crippen LogP contribution >= 0.6 is 11.6 Å². The highest BCUT2D eigenvalue weighted by Gasteiger charge is 1.88. The van der Waals surface area contributed by atoms with Crippen molar-refractivity contribution in [2.75, 3.05) is 0 Å². The Kier molecular flexibility index (Phi) is 4.24. The van der Waals surface area contributed by atoms with Crippen LogP contribution in [0.1, 0.15) is 19.5 Å². The van der Waals surface area contributed by atoms with Gasteiger partial charge in [0.1, 0.15) is 0 Å². The Balaban J connectivity index is 0.000000291. The first-order chi connectivity index (χ1) is 4.30. The van der Waals surface area contributed by atoms with Gasteiger partial charge in [0.05, 0.1) is 5.02 Å². The van der Waals surface area contributed by atoms with E-state index in [1.807, 2.05) is 33.0 Å². The Bertz CT molecular complexity index is 141. The van der Waals surface area contributed by atoms with Gasteiger partial charge in [0, 0.05) is 11.9 Å².